The molecule has 0 fully saturated rings. The van der Waals surface area contributed by atoms with Crippen molar-refractivity contribution in [3.63, 3.8) is 0 Å². The van der Waals surface area contributed by atoms with E-state index < -0.39 is 11.6 Å². The van der Waals surface area contributed by atoms with E-state index in [-0.39, 0.29) is 29.4 Å². The Balaban J connectivity index is 1.91. The molecule has 33 heavy (non-hydrogen) atoms. The minimum atomic E-state index is -1.40. The van der Waals surface area contributed by atoms with Crippen LogP contribution in [-0.2, 0) is 16.9 Å². The van der Waals surface area contributed by atoms with Crippen molar-refractivity contribution in [2.45, 2.75) is 12.2 Å². The summed E-state index contributed by atoms with van der Waals surface area (Å²) in [5.41, 5.74) is 2.46. The Hall–Kier alpha value is -4.29. The van der Waals surface area contributed by atoms with Crippen LogP contribution in [0.25, 0.3) is 11.1 Å². The summed E-state index contributed by atoms with van der Waals surface area (Å²) in [4.78, 5) is 13.3. The third kappa shape index (κ3) is 3.20. The molecule has 1 aliphatic rings. The lowest BCUT2D eigenvalue weighted by molar-refractivity contribution is 0.0251. The molecule has 164 valence electrons. The lowest BCUT2D eigenvalue weighted by Crippen LogP contribution is -2.30. The molecule has 0 amide bonds. The summed E-state index contributed by atoms with van der Waals surface area (Å²) in [6, 6.07) is 22.9. The second kappa shape index (κ2) is 7.69. The van der Waals surface area contributed by atoms with E-state index in [9.17, 15) is 25.2 Å². The van der Waals surface area contributed by atoms with Crippen LogP contribution in [0.2, 0.25) is 0 Å². The summed E-state index contributed by atoms with van der Waals surface area (Å²) in [6.45, 7) is -0.353. The van der Waals surface area contributed by atoms with Crippen LogP contribution >= 0.6 is 0 Å². The summed E-state index contributed by atoms with van der Waals surface area (Å²) < 4.78 is 6.14. The maximum absolute atomic E-state index is 13.3. The van der Waals surface area contributed by atoms with Crippen LogP contribution in [-0.4, -0.2) is 26.4 Å². The molecule has 0 aromatic heterocycles. The molecule has 0 radical (unpaired) electrons. The first-order valence-corrected chi connectivity index (χ1v) is 10.3. The molecule has 5 rings (SSSR count). The van der Waals surface area contributed by atoms with E-state index in [0.29, 0.717) is 27.8 Å². The van der Waals surface area contributed by atoms with Crippen LogP contribution in [0.4, 0.5) is 0 Å². The molecule has 0 bridgehead atoms. The maximum atomic E-state index is 13.3. The first-order chi connectivity index (χ1) is 15.9. The van der Waals surface area contributed by atoms with Gasteiger partial charge in [-0.25, -0.2) is 4.79 Å². The number of ether oxygens (including phenoxy) is 1. The number of rotatable bonds is 4. The van der Waals surface area contributed by atoms with Crippen molar-refractivity contribution < 1.29 is 30.0 Å². The zero-order chi connectivity index (χ0) is 23.2. The van der Waals surface area contributed by atoms with Gasteiger partial charge in [0.2, 0.25) is 0 Å². The number of aromatic hydroxyl groups is 3. The van der Waals surface area contributed by atoms with E-state index in [1.165, 1.54) is 24.3 Å². The van der Waals surface area contributed by atoms with Gasteiger partial charge in [0.15, 0.2) is 5.60 Å². The Bertz CT molecular complexity index is 1290. The molecule has 6 heteroatoms. The standard InChI is InChI=1S/C27H20O6/c28-15-17-3-14-23(16-1-8-20(29)9-2-16)25-24(17)26(32)33-27(25,18-4-10-21(30)11-5-18)19-6-12-22(31)13-7-19/h1-14,28-31H,15H2. The fraction of sp³-hybridized carbons (Fsp3) is 0.0741. The summed E-state index contributed by atoms with van der Waals surface area (Å²) in [6.07, 6.45) is 0. The first-order valence-electron chi connectivity index (χ1n) is 10.3. The lowest BCUT2D eigenvalue weighted by atomic mass is 9.75. The normalized spacial score (nSPS) is 14.0. The van der Waals surface area contributed by atoms with Gasteiger partial charge >= 0.3 is 5.97 Å². The molecule has 0 saturated carbocycles. The van der Waals surface area contributed by atoms with Gasteiger partial charge < -0.3 is 25.2 Å². The number of aliphatic hydroxyl groups excluding tert-OH is 1. The van der Waals surface area contributed by atoms with Crippen molar-refractivity contribution in [1.29, 1.82) is 0 Å². The maximum Gasteiger partial charge on any atom is 0.340 e. The number of aliphatic hydroxyl groups is 1. The topological polar surface area (TPSA) is 107 Å². The fourth-order valence-electron chi connectivity index (χ4n) is 4.46. The average Bonchev–Trinajstić information content (AvgIpc) is 3.14. The van der Waals surface area contributed by atoms with E-state index in [0.717, 1.165) is 5.56 Å². The van der Waals surface area contributed by atoms with Crippen molar-refractivity contribution in [3.8, 4) is 28.4 Å². The van der Waals surface area contributed by atoms with E-state index in [4.69, 9.17) is 4.74 Å². The van der Waals surface area contributed by atoms with Gasteiger partial charge in [0.25, 0.3) is 0 Å². The molecule has 1 heterocycles. The number of hydrogen-bond acceptors (Lipinski definition) is 6. The highest BCUT2D eigenvalue weighted by Crippen LogP contribution is 2.52. The third-order valence-corrected chi connectivity index (χ3v) is 5.99. The van der Waals surface area contributed by atoms with Gasteiger partial charge in [-0.05, 0) is 53.1 Å². The Kier molecular flexibility index (Phi) is 4.80. The van der Waals surface area contributed by atoms with Crippen LogP contribution < -0.4 is 0 Å². The van der Waals surface area contributed by atoms with Gasteiger partial charge in [0, 0.05) is 16.7 Å². The Morgan fingerprint density at radius 1 is 0.667 bits per heavy atom. The van der Waals surface area contributed by atoms with Crippen LogP contribution in [0.15, 0.2) is 84.9 Å². The number of carbonyl (C=O) groups is 1. The smallest absolute Gasteiger partial charge is 0.340 e. The van der Waals surface area contributed by atoms with Gasteiger partial charge in [-0.15, -0.1) is 0 Å². The van der Waals surface area contributed by atoms with Gasteiger partial charge in [-0.3, -0.25) is 0 Å². The Labute approximate surface area is 189 Å². The Morgan fingerprint density at radius 3 is 1.64 bits per heavy atom. The Morgan fingerprint density at radius 2 is 1.15 bits per heavy atom. The van der Waals surface area contributed by atoms with E-state index in [2.05, 4.69) is 0 Å². The number of carbonyl (C=O) groups excluding carboxylic acids is 1. The molecule has 0 spiro atoms. The zero-order valence-electron chi connectivity index (χ0n) is 17.4. The highest BCUT2D eigenvalue weighted by atomic mass is 16.6. The number of benzene rings is 4. The molecule has 4 aromatic rings. The third-order valence-electron chi connectivity index (χ3n) is 5.99. The SMILES string of the molecule is O=C1OC(c2ccc(O)cc2)(c2ccc(O)cc2)c2c(-c3ccc(O)cc3)ccc(CO)c21. The molecule has 6 nitrogen and oxygen atoms in total. The van der Waals surface area contributed by atoms with Crippen molar-refractivity contribution in [2.24, 2.45) is 0 Å². The lowest BCUT2D eigenvalue weighted by Gasteiger charge is -2.32. The van der Waals surface area contributed by atoms with Crippen LogP contribution in [0.3, 0.4) is 0 Å². The molecule has 4 aromatic carbocycles. The van der Waals surface area contributed by atoms with Crippen LogP contribution in [0.1, 0.15) is 32.6 Å². The first kappa shape index (κ1) is 20.6. The molecule has 1 aliphatic heterocycles. The van der Waals surface area contributed by atoms with Crippen molar-refractivity contribution in [2.75, 3.05) is 0 Å². The number of hydrogen-bond donors (Lipinski definition) is 4. The van der Waals surface area contributed by atoms with Gasteiger partial charge in [-0.2, -0.15) is 0 Å². The van der Waals surface area contributed by atoms with Crippen molar-refractivity contribution in [3.05, 3.63) is 113 Å². The zero-order valence-corrected chi connectivity index (χ0v) is 17.4. The molecule has 0 aliphatic carbocycles. The highest BCUT2D eigenvalue weighted by Gasteiger charge is 2.51. The summed E-state index contributed by atoms with van der Waals surface area (Å²) in [5.74, 6) is -0.354. The molecule has 0 unspecified atom stereocenters. The fourth-order valence-corrected chi connectivity index (χ4v) is 4.46. The summed E-state index contributed by atoms with van der Waals surface area (Å²) >= 11 is 0. The predicted molar refractivity (Wildman–Crippen MR) is 121 cm³/mol. The summed E-state index contributed by atoms with van der Waals surface area (Å²) in [7, 11) is 0. The minimum absolute atomic E-state index is 0.0621. The van der Waals surface area contributed by atoms with Crippen molar-refractivity contribution >= 4 is 5.97 Å². The summed E-state index contributed by atoms with van der Waals surface area (Å²) in [5, 5.41) is 39.5. The van der Waals surface area contributed by atoms with Crippen LogP contribution in [0, 0.1) is 0 Å². The number of phenols is 3. The number of fused-ring (bicyclic) bond motifs is 1. The van der Waals surface area contributed by atoms with E-state index in [1.54, 1.807) is 54.6 Å². The second-order valence-electron chi connectivity index (χ2n) is 7.89. The quantitative estimate of drug-likeness (QED) is 0.350. The highest BCUT2D eigenvalue weighted by molar-refractivity contribution is 6.01. The van der Waals surface area contributed by atoms with Crippen LogP contribution in [0.5, 0.6) is 17.2 Å². The molecular formula is C27H20O6. The average molecular weight is 440 g/mol. The van der Waals surface area contributed by atoms with Gasteiger partial charge in [0.1, 0.15) is 17.2 Å². The largest absolute Gasteiger partial charge is 0.508 e. The van der Waals surface area contributed by atoms with E-state index in [1.807, 2.05) is 6.07 Å². The molecule has 0 atom stereocenters. The van der Waals surface area contributed by atoms with Gasteiger partial charge in [-0.1, -0.05) is 48.5 Å². The number of cyclic esters (lactones) is 1. The molecular weight excluding hydrogens is 420 g/mol. The molecule has 0 saturated heterocycles. The van der Waals surface area contributed by atoms with E-state index >= 15 is 0 Å². The van der Waals surface area contributed by atoms with Gasteiger partial charge in [0.05, 0.1) is 12.2 Å². The minimum Gasteiger partial charge on any atom is -0.508 e. The second-order valence-corrected chi connectivity index (χ2v) is 7.89. The number of phenolic OH excluding ortho intramolecular Hbond substituents is 3. The number of esters is 1. The monoisotopic (exact) mass is 440 g/mol. The van der Waals surface area contributed by atoms with Crippen molar-refractivity contribution in [1.82, 2.24) is 0 Å². The predicted octanol–water partition coefficient (Wildman–Crippen LogP) is 4.43. The molecule has 4 N–H and O–H groups in total.